The highest BCUT2D eigenvalue weighted by atomic mass is 16.5. The van der Waals surface area contributed by atoms with Crippen molar-refractivity contribution in [2.24, 2.45) is 0 Å². The highest BCUT2D eigenvalue weighted by Crippen LogP contribution is 2.51. The Labute approximate surface area is 159 Å². The lowest BCUT2D eigenvalue weighted by molar-refractivity contribution is 0.00389. The molecule has 144 valence electrons. The Bertz CT molecular complexity index is 811. The van der Waals surface area contributed by atoms with Gasteiger partial charge >= 0.3 is 0 Å². The number of hydrogen-bond acceptors (Lipinski definition) is 5. The molecular formula is C21H27N3O3. The fourth-order valence-electron chi connectivity index (χ4n) is 4.80. The van der Waals surface area contributed by atoms with Crippen LogP contribution in [0.1, 0.15) is 59.6 Å². The van der Waals surface area contributed by atoms with Crippen LogP contribution in [0.2, 0.25) is 0 Å². The van der Waals surface area contributed by atoms with E-state index in [1.54, 1.807) is 13.2 Å². The first kappa shape index (κ1) is 18.2. The lowest BCUT2D eigenvalue weighted by atomic mass is 9.72. The molecule has 1 amide bonds. The number of carbonyl (C=O) groups is 1. The molecule has 2 aromatic rings. The van der Waals surface area contributed by atoms with E-state index >= 15 is 0 Å². The van der Waals surface area contributed by atoms with E-state index in [9.17, 15) is 4.79 Å². The third kappa shape index (κ3) is 3.07. The monoisotopic (exact) mass is 369 g/mol. The molecule has 1 aliphatic heterocycles. The molecule has 2 heterocycles. The first-order chi connectivity index (χ1) is 13.2. The van der Waals surface area contributed by atoms with E-state index < -0.39 is 0 Å². The second-order valence-electron chi connectivity index (χ2n) is 7.53. The number of piperidine rings is 1. The summed E-state index contributed by atoms with van der Waals surface area (Å²) in [6.45, 7) is 3.98. The molecule has 6 heteroatoms. The third-order valence-electron chi connectivity index (χ3n) is 6.00. The Morgan fingerprint density at radius 1 is 1.37 bits per heavy atom. The van der Waals surface area contributed by atoms with Gasteiger partial charge in [0.1, 0.15) is 5.76 Å². The smallest absolute Gasteiger partial charge is 0.274 e. The molecule has 2 aliphatic rings. The van der Waals surface area contributed by atoms with Gasteiger partial charge in [-0.25, -0.2) is 0 Å². The van der Waals surface area contributed by atoms with Crippen LogP contribution in [-0.4, -0.2) is 37.4 Å². The normalized spacial score (nSPS) is 23.3. The van der Waals surface area contributed by atoms with Crippen LogP contribution in [0.25, 0.3) is 0 Å². The van der Waals surface area contributed by atoms with E-state index in [0.29, 0.717) is 5.69 Å². The van der Waals surface area contributed by atoms with E-state index in [1.807, 2.05) is 6.07 Å². The third-order valence-corrected chi connectivity index (χ3v) is 6.00. The molecule has 2 N–H and O–H groups in total. The van der Waals surface area contributed by atoms with Crippen LogP contribution in [0.5, 0.6) is 0 Å². The summed E-state index contributed by atoms with van der Waals surface area (Å²) >= 11 is 0. The summed E-state index contributed by atoms with van der Waals surface area (Å²) in [6, 6.07) is 9.95. The van der Waals surface area contributed by atoms with Crippen molar-refractivity contribution in [1.29, 1.82) is 0 Å². The number of fused-ring (bicyclic) bond motifs is 2. The van der Waals surface area contributed by atoms with Crippen molar-refractivity contribution in [3.63, 3.8) is 0 Å². The summed E-state index contributed by atoms with van der Waals surface area (Å²) in [4.78, 5) is 12.9. The molecule has 1 aromatic carbocycles. The van der Waals surface area contributed by atoms with Crippen LogP contribution in [0, 0.1) is 0 Å². The van der Waals surface area contributed by atoms with Crippen LogP contribution >= 0.6 is 0 Å². The summed E-state index contributed by atoms with van der Waals surface area (Å²) in [5.74, 6) is 0.529. The summed E-state index contributed by atoms with van der Waals surface area (Å²) < 4.78 is 11.3. The molecule has 0 radical (unpaired) electrons. The number of aryl methyl sites for hydroxylation is 1. The number of methoxy groups -OCH3 is 1. The van der Waals surface area contributed by atoms with Gasteiger partial charge in [-0.2, -0.15) is 0 Å². The molecule has 1 fully saturated rings. The first-order valence-corrected chi connectivity index (χ1v) is 9.79. The van der Waals surface area contributed by atoms with Crippen molar-refractivity contribution in [2.75, 3.05) is 20.2 Å². The average molecular weight is 369 g/mol. The van der Waals surface area contributed by atoms with Gasteiger partial charge in [-0.1, -0.05) is 36.3 Å². The number of hydrogen-bond donors (Lipinski definition) is 2. The van der Waals surface area contributed by atoms with Gasteiger partial charge in [0.2, 0.25) is 0 Å². The number of nitrogens with zero attached hydrogens (tertiary/aromatic N) is 1. The zero-order chi connectivity index (χ0) is 18.9. The Balaban J connectivity index is 1.64. The maximum Gasteiger partial charge on any atom is 0.274 e. The van der Waals surface area contributed by atoms with Crippen LogP contribution in [-0.2, 0) is 16.6 Å². The molecule has 6 nitrogen and oxygen atoms in total. The standard InChI is InChI=1S/C21H27N3O3/c1-3-6-14-13-17(24-27-14)20(25)23-18-15-7-4-5-8-16(15)21(19(18)26-2)9-11-22-12-10-21/h4-5,7-8,13,18-19,22H,3,6,9-12H2,1-2H3,(H,23,25)/t18-,19+/m0/s1. The minimum Gasteiger partial charge on any atom is -0.378 e. The van der Waals surface area contributed by atoms with Crippen molar-refractivity contribution in [2.45, 2.75) is 50.2 Å². The van der Waals surface area contributed by atoms with E-state index in [2.05, 4.69) is 40.9 Å². The van der Waals surface area contributed by atoms with E-state index in [0.717, 1.165) is 50.1 Å². The fourth-order valence-corrected chi connectivity index (χ4v) is 4.80. The summed E-state index contributed by atoms with van der Waals surface area (Å²) in [6.07, 6.45) is 3.64. The number of ether oxygens (including phenoxy) is 1. The molecule has 1 saturated heterocycles. The number of benzene rings is 1. The van der Waals surface area contributed by atoms with Crippen LogP contribution in [0.3, 0.4) is 0 Å². The Kier molecular flexibility index (Phi) is 5.02. The lowest BCUT2D eigenvalue weighted by Gasteiger charge is -2.40. The van der Waals surface area contributed by atoms with Gasteiger partial charge in [-0.3, -0.25) is 4.79 Å². The minimum atomic E-state index is -0.214. The molecule has 4 rings (SSSR count). The Morgan fingerprint density at radius 3 is 2.89 bits per heavy atom. The van der Waals surface area contributed by atoms with E-state index in [-0.39, 0.29) is 23.5 Å². The number of carbonyl (C=O) groups excluding carboxylic acids is 1. The lowest BCUT2D eigenvalue weighted by Crippen LogP contribution is -2.49. The van der Waals surface area contributed by atoms with Crippen LogP contribution in [0.4, 0.5) is 0 Å². The van der Waals surface area contributed by atoms with Crippen molar-refractivity contribution in [1.82, 2.24) is 15.8 Å². The van der Waals surface area contributed by atoms with E-state index in [1.165, 1.54) is 5.56 Å². The molecule has 0 saturated carbocycles. The molecule has 1 spiro atoms. The molecular weight excluding hydrogens is 342 g/mol. The van der Waals surface area contributed by atoms with Gasteiger partial charge in [-0.15, -0.1) is 0 Å². The Morgan fingerprint density at radius 2 is 2.15 bits per heavy atom. The van der Waals surface area contributed by atoms with Crippen molar-refractivity contribution in [3.05, 3.63) is 52.9 Å². The maximum absolute atomic E-state index is 12.9. The quantitative estimate of drug-likeness (QED) is 0.848. The molecule has 1 aliphatic carbocycles. The second-order valence-corrected chi connectivity index (χ2v) is 7.53. The van der Waals surface area contributed by atoms with Gasteiger partial charge in [-0.05, 0) is 43.5 Å². The predicted octanol–water partition coefficient (Wildman–Crippen LogP) is 2.75. The minimum absolute atomic E-state index is 0.0638. The zero-order valence-electron chi connectivity index (χ0n) is 16.0. The molecule has 0 bridgehead atoms. The topological polar surface area (TPSA) is 76.4 Å². The number of amides is 1. The van der Waals surface area contributed by atoms with Crippen molar-refractivity contribution < 1.29 is 14.1 Å². The highest BCUT2D eigenvalue weighted by molar-refractivity contribution is 5.92. The van der Waals surface area contributed by atoms with Crippen LogP contribution < -0.4 is 10.6 Å². The summed E-state index contributed by atoms with van der Waals surface area (Å²) in [5, 5.41) is 10.6. The van der Waals surface area contributed by atoms with Gasteiger partial charge < -0.3 is 19.9 Å². The highest BCUT2D eigenvalue weighted by Gasteiger charge is 2.53. The van der Waals surface area contributed by atoms with Gasteiger partial charge in [0.05, 0.1) is 12.1 Å². The molecule has 0 unspecified atom stereocenters. The van der Waals surface area contributed by atoms with Gasteiger partial charge in [0, 0.05) is 25.0 Å². The first-order valence-electron chi connectivity index (χ1n) is 9.79. The second kappa shape index (κ2) is 7.44. The number of nitrogens with one attached hydrogen (secondary N) is 2. The fraction of sp³-hybridized carbons (Fsp3) is 0.524. The number of rotatable bonds is 5. The Hall–Kier alpha value is -2.18. The van der Waals surface area contributed by atoms with E-state index in [4.69, 9.17) is 9.26 Å². The van der Waals surface area contributed by atoms with Crippen molar-refractivity contribution in [3.8, 4) is 0 Å². The molecule has 27 heavy (non-hydrogen) atoms. The maximum atomic E-state index is 12.9. The summed E-state index contributed by atoms with van der Waals surface area (Å²) in [7, 11) is 1.74. The largest absolute Gasteiger partial charge is 0.378 e. The average Bonchev–Trinajstić information content (AvgIpc) is 3.26. The molecule has 2 atom stereocenters. The van der Waals surface area contributed by atoms with Crippen LogP contribution in [0.15, 0.2) is 34.9 Å². The van der Waals surface area contributed by atoms with Gasteiger partial charge in [0.15, 0.2) is 5.69 Å². The molecule has 1 aromatic heterocycles. The summed E-state index contributed by atoms with van der Waals surface area (Å²) in [5.41, 5.74) is 2.72. The zero-order valence-corrected chi connectivity index (χ0v) is 16.0. The predicted molar refractivity (Wildman–Crippen MR) is 102 cm³/mol. The van der Waals surface area contributed by atoms with Crippen molar-refractivity contribution >= 4 is 5.91 Å². The van der Waals surface area contributed by atoms with Gasteiger partial charge in [0.25, 0.3) is 5.91 Å². The SMILES string of the molecule is CCCc1cc(C(=O)N[C@H]2c3ccccc3C3(CCNCC3)[C@@H]2OC)no1. The number of aromatic nitrogens is 1.